The summed E-state index contributed by atoms with van der Waals surface area (Å²) in [4.78, 5) is 0.332. The Balaban J connectivity index is 0.00000280. The average molecular weight is 449 g/mol. The Labute approximate surface area is 175 Å². The predicted octanol–water partition coefficient (Wildman–Crippen LogP) is 5.87. The molecule has 0 saturated carbocycles. The van der Waals surface area contributed by atoms with Gasteiger partial charge in [0.05, 0.1) is 10.2 Å². The Kier molecular flexibility index (Phi) is 8.27. The normalized spacial score (nSPS) is 11.4. The summed E-state index contributed by atoms with van der Waals surface area (Å²) >= 11 is 2.98. The number of benzene rings is 2. The number of hydrogen-bond donors (Lipinski definition) is 1. The number of hydrogen-bond acceptors (Lipinski definition) is 4. The molecular weight excluding hydrogens is 429 g/mol. The van der Waals surface area contributed by atoms with E-state index in [4.69, 9.17) is 5.41 Å². The Morgan fingerprint density at radius 1 is 1.07 bits per heavy atom. The van der Waals surface area contributed by atoms with Crippen LogP contribution < -0.4 is 9.54 Å². The van der Waals surface area contributed by atoms with E-state index in [0.717, 1.165) is 41.2 Å². The molecule has 3 aromatic rings. The number of aromatic nitrogens is 1. The molecule has 0 spiro atoms. The molecule has 0 amide bonds. The maximum atomic E-state index is 12.3. The van der Waals surface area contributed by atoms with Gasteiger partial charge in [0.2, 0.25) is 0 Å². The number of thiazole rings is 1. The second-order valence-electron chi connectivity index (χ2n) is 5.94. The molecule has 9 heteroatoms. The summed E-state index contributed by atoms with van der Waals surface area (Å²) in [5.41, 5.74) is 2.10. The molecule has 0 fully saturated rings. The number of aryl methyl sites for hydroxylation is 2. The topological polar surface area (TPSA) is 38.0 Å². The number of ether oxygens (including phenoxy) is 1. The first kappa shape index (κ1) is 22.6. The van der Waals surface area contributed by atoms with Crippen molar-refractivity contribution in [1.82, 2.24) is 4.57 Å². The highest BCUT2D eigenvalue weighted by Gasteiger charge is 2.31. The number of fused-ring (bicyclic) bond motifs is 1. The molecule has 1 heterocycles. The summed E-state index contributed by atoms with van der Waals surface area (Å²) in [5, 5.41) is 8.09. The third kappa shape index (κ3) is 6.46. The van der Waals surface area contributed by atoms with Crippen molar-refractivity contribution in [3.63, 3.8) is 0 Å². The van der Waals surface area contributed by atoms with Crippen molar-refractivity contribution in [3.05, 3.63) is 58.9 Å². The fraction of sp³-hybridized carbons (Fsp3) is 0.316. The maximum absolute atomic E-state index is 12.3. The molecule has 0 radical (unpaired) electrons. The molecule has 152 valence electrons. The van der Waals surface area contributed by atoms with Crippen LogP contribution in [0.4, 0.5) is 13.2 Å². The van der Waals surface area contributed by atoms with E-state index >= 15 is 0 Å². The van der Waals surface area contributed by atoms with Crippen LogP contribution in [0, 0.1) is 5.41 Å². The van der Waals surface area contributed by atoms with Crippen molar-refractivity contribution in [1.29, 1.82) is 5.41 Å². The van der Waals surface area contributed by atoms with Crippen molar-refractivity contribution in [2.24, 2.45) is 0 Å². The predicted molar refractivity (Wildman–Crippen MR) is 112 cm³/mol. The minimum absolute atomic E-state index is 0. The smallest absolute Gasteiger partial charge is 0.406 e. The summed E-state index contributed by atoms with van der Waals surface area (Å²) in [6.45, 7) is 0.661. The Morgan fingerprint density at radius 3 is 2.54 bits per heavy atom. The summed E-state index contributed by atoms with van der Waals surface area (Å²) < 4.78 is 43.4. The summed E-state index contributed by atoms with van der Waals surface area (Å²) in [6.07, 6.45) is -2.56. The highest BCUT2D eigenvalue weighted by atomic mass is 35.5. The Morgan fingerprint density at radius 2 is 1.82 bits per heavy atom. The molecule has 0 bridgehead atoms. The second-order valence-corrected chi connectivity index (χ2v) is 8.19. The molecule has 3 nitrogen and oxygen atoms in total. The van der Waals surface area contributed by atoms with Crippen molar-refractivity contribution in [3.8, 4) is 5.75 Å². The van der Waals surface area contributed by atoms with Gasteiger partial charge in [0, 0.05) is 12.3 Å². The van der Waals surface area contributed by atoms with Gasteiger partial charge in [0.25, 0.3) is 0 Å². The number of nitrogens with zero attached hydrogens (tertiary/aromatic N) is 1. The summed E-state index contributed by atoms with van der Waals surface area (Å²) in [6, 6.07) is 14.6. The van der Waals surface area contributed by atoms with Crippen molar-refractivity contribution < 1.29 is 17.9 Å². The molecule has 0 aliphatic heterocycles. The monoisotopic (exact) mass is 448 g/mol. The summed E-state index contributed by atoms with van der Waals surface area (Å²) in [7, 11) is 0. The lowest BCUT2D eigenvalue weighted by atomic mass is 10.1. The van der Waals surface area contributed by atoms with Crippen LogP contribution in [-0.2, 0) is 13.0 Å². The van der Waals surface area contributed by atoms with E-state index in [1.54, 1.807) is 6.07 Å². The first-order chi connectivity index (χ1) is 12.9. The standard InChI is InChI=1S/C19H19F3N2OS2.ClH/c20-19(21,22)25-15-8-9-16-17(13-15)27-18(23)24(16)10-12-26-11-4-7-14-5-2-1-3-6-14;/h1-3,5-6,8-9,13,23H,4,7,10-12H2;1H. The van der Waals surface area contributed by atoms with Gasteiger partial charge in [-0.05, 0) is 42.4 Å². The molecule has 2 aromatic carbocycles. The van der Waals surface area contributed by atoms with E-state index in [1.165, 1.54) is 17.7 Å². The van der Waals surface area contributed by atoms with Crippen LogP contribution in [0.5, 0.6) is 5.75 Å². The zero-order valence-electron chi connectivity index (χ0n) is 14.9. The van der Waals surface area contributed by atoms with Crippen LogP contribution in [0.25, 0.3) is 10.2 Å². The van der Waals surface area contributed by atoms with Crippen LogP contribution >= 0.6 is 35.5 Å². The quantitative estimate of drug-likeness (QED) is 0.438. The van der Waals surface area contributed by atoms with E-state index < -0.39 is 6.36 Å². The van der Waals surface area contributed by atoms with Crippen LogP contribution in [0.15, 0.2) is 48.5 Å². The molecule has 28 heavy (non-hydrogen) atoms. The van der Waals surface area contributed by atoms with Gasteiger partial charge in [0.15, 0.2) is 4.80 Å². The second kappa shape index (κ2) is 10.2. The first-order valence-electron chi connectivity index (χ1n) is 8.48. The number of rotatable bonds is 8. The van der Waals surface area contributed by atoms with E-state index in [2.05, 4.69) is 16.9 Å². The molecule has 0 atom stereocenters. The number of nitrogens with one attached hydrogen (secondary N) is 1. The molecular formula is C19H20ClF3N2OS2. The zero-order chi connectivity index (χ0) is 19.3. The third-order valence-corrected chi connectivity index (χ3v) is 5.97. The van der Waals surface area contributed by atoms with Gasteiger partial charge in [-0.25, -0.2) is 0 Å². The molecule has 0 saturated heterocycles. The molecule has 3 rings (SSSR count). The zero-order valence-corrected chi connectivity index (χ0v) is 17.3. The van der Waals surface area contributed by atoms with E-state index in [-0.39, 0.29) is 18.2 Å². The lowest BCUT2D eigenvalue weighted by Gasteiger charge is -2.09. The lowest BCUT2D eigenvalue weighted by Crippen LogP contribution is -2.17. The summed E-state index contributed by atoms with van der Waals surface area (Å²) in [5.74, 6) is 1.64. The van der Waals surface area contributed by atoms with Gasteiger partial charge < -0.3 is 9.30 Å². The van der Waals surface area contributed by atoms with Gasteiger partial charge in [-0.3, -0.25) is 5.41 Å². The SMILES string of the molecule is Cl.N=c1sc2cc(OC(F)(F)F)ccc2n1CCSCCCc1ccccc1. The minimum atomic E-state index is -4.71. The highest BCUT2D eigenvalue weighted by molar-refractivity contribution is 7.99. The van der Waals surface area contributed by atoms with E-state index in [9.17, 15) is 13.2 Å². The van der Waals surface area contributed by atoms with E-state index in [0.29, 0.717) is 16.0 Å². The highest BCUT2D eigenvalue weighted by Crippen LogP contribution is 2.28. The molecule has 0 aliphatic carbocycles. The van der Waals surface area contributed by atoms with Gasteiger partial charge in [0.1, 0.15) is 5.75 Å². The molecule has 0 unspecified atom stereocenters. The minimum Gasteiger partial charge on any atom is -0.406 e. The van der Waals surface area contributed by atoms with Crippen LogP contribution in [-0.4, -0.2) is 22.4 Å². The van der Waals surface area contributed by atoms with E-state index in [1.807, 2.05) is 34.5 Å². The van der Waals surface area contributed by atoms with Gasteiger partial charge in [-0.15, -0.1) is 25.6 Å². The van der Waals surface area contributed by atoms with Crippen molar-refractivity contribution in [2.45, 2.75) is 25.7 Å². The third-order valence-electron chi connectivity index (χ3n) is 3.96. The first-order valence-corrected chi connectivity index (χ1v) is 10.4. The fourth-order valence-corrected chi connectivity index (χ4v) is 4.60. The maximum Gasteiger partial charge on any atom is 0.573 e. The Hall–Kier alpha value is -1.64. The largest absolute Gasteiger partial charge is 0.573 e. The molecule has 1 aromatic heterocycles. The number of halogens is 4. The number of alkyl halides is 3. The van der Waals surface area contributed by atoms with Crippen molar-refractivity contribution in [2.75, 3.05) is 11.5 Å². The van der Waals surface area contributed by atoms with Crippen LogP contribution in [0.2, 0.25) is 0 Å². The van der Waals surface area contributed by atoms with Gasteiger partial charge >= 0.3 is 6.36 Å². The lowest BCUT2D eigenvalue weighted by molar-refractivity contribution is -0.274. The van der Waals surface area contributed by atoms with Gasteiger partial charge in [-0.2, -0.15) is 11.8 Å². The van der Waals surface area contributed by atoms with Gasteiger partial charge in [-0.1, -0.05) is 41.7 Å². The van der Waals surface area contributed by atoms with Crippen molar-refractivity contribution >= 4 is 45.7 Å². The average Bonchev–Trinajstić information content (AvgIpc) is 2.92. The fourth-order valence-electron chi connectivity index (χ4n) is 2.77. The van der Waals surface area contributed by atoms with Crippen LogP contribution in [0.1, 0.15) is 12.0 Å². The Bertz CT molecular complexity index is 942. The van der Waals surface area contributed by atoms with Crippen LogP contribution in [0.3, 0.4) is 0 Å². The number of thioether (sulfide) groups is 1. The molecule has 0 aliphatic rings. The molecule has 1 N–H and O–H groups in total.